The summed E-state index contributed by atoms with van der Waals surface area (Å²) in [7, 11) is 0. The monoisotopic (exact) mass is 273 g/mol. The molecule has 3 nitrogen and oxygen atoms in total. The molecular formula is C16H16FNO2. The summed E-state index contributed by atoms with van der Waals surface area (Å²) >= 11 is 0. The van der Waals surface area contributed by atoms with Gasteiger partial charge < -0.3 is 10.5 Å². The van der Waals surface area contributed by atoms with Crippen molar-refractivity contribution < 1.29 is 13.9 Å². The van der Waals surface area contributed by atoms with Gasteiger partial charge in [-0.2, -0.15) is 0 Å². The summed E-state index contributed by atoms with van der Waals surface area (Å²) in [5.41, 5.74) is 6.14. The van der Waals surface area contributed by atoms with E-state index in [-0.39, 0.29) is 23.1 Å². The first-order chi connectivity index (χ1) is 9.47. The molecular weight excluding hydrogens is 257 g/mol. The van der Waals surface area contributed by atoms with Crippen LogP contribution >= 0.6 is 0 Å². The molecule has 0 unspecified atom stereocenters. The van der Waals surface area contributed by atoms with Crippen LogP contribution in [-0.4, -0.2) is 11.9 Å². The van der Waals surface area contributed by atoms with Gasteiger partial charge in [0.25, 0.3) is 0 Å². The van der Waals surface area contributed by atoms with Crippen LogP contribution in [0.4, 0.5) is 10.1 Å². The van der Waals surface area contributed by atoms with Crippen molar-refractivity contribution in [3.05, 3.63) is 59.4 Å². The van der Waals surface area contributed by atoms with Gasteiger partial charge in [-0.05, 0) is 44.2 Å². The van der Waals surface area contributed by atoms with E-state index in [0.29, 0.717) is 11.3 Å². The molecule has 104 valence electrons. The highest BCUT2D eigenvalue weighted by Gasteiger charge is 2.12. The Hall–Kier alpha value is -2.36. The predicted octanol–water partition coefficient (Wildman–Crippen LogP) is 3.43. The number of carbonyl (C=O) groups excluding carboxylic acids is 1. The Kier molecular flexibility index (Phi) is 4.03. The maximum Gasteiger partial charge on any atom is 0.193 e. The van der Waals surface area contributed by atoms with Crippen LogP contribution in [-0.2, 0) is 0 Å². The maximum absolute atomic E-state index is 13.4. The first-order valence-electron chi connectivity index (χ1n) is 6.34. The number of benzene rings is 2. The van der Waals surface area contributed by atoms with Crippen molar-refractivity contribution in [1.82, 2.24) is 0 Å². The number of anilines is 1. The fourth-order valence-electron chi connectivity index (χ4n) is 1.82. The van der Waals surface area contributed by atoms with Gasteiger partial charge in [0, 0.05) is 11.1 Å². The van der Waals surface area contributed by atoms with E-state index < -0.39 is 5.82 Å². The lowest BCUT2D eigenvalue weighted by molar-refractivity contribution is 0.103. The van der Waals surface area contributed by atoms with E-state index in [9.17, 15) is 9.18 Å². The molecule has 0 aromatic heterocycles. The predicted molar refractivity (Wildman–Crippen MR) is 76.5 cm³/mol. The largest absolute Gasteiger partial charge is 0.491 e. The van der Waals surface area contributed by atoms with Crippen LogP contribution < -0.4 is 10.5 Å². The van der Waals surface area contributed by atoms with Gasteiger partial charge in [0.2, 0.25) is 0 Å². The van der Waals surface area contributed by atoms with E-state index in [0.717, 1.165) is 6.07 Å². The Morgan fingerprint density at radius 2 is 1.85 bits per heavy atom. The van der Waals surface area contributed by atoms with Gasteiger partial charge in [-0.15, -0.1) is 0 Å². The fourth-order valence-corrected chi connectivity index (χ4v) is 1.82. The minimum absolute atomic E-state index is 0.0225. The van der Waals surface area contributed by atoms with E-state index in [4.69, 9.17) is 10.5 Å². The molecule has 0 saturated heterocycles. The molecule has 0 aliphatic rings. The van der Waals surface area contributed by atoms with Gasteiger partial charge in [0.05, 0.1) is 11.8 Å². The van der Waals surface area contributed by atoms with Gasteiger partial charge in [0.1, 0.15) is 11.6 Å². The van der Waals surface area contributed by atoms with Crippen LogP contribution in [0.2, 0.25) is 0 Å². The Balaban J connectivity index is 2.30. The van der Waals surface area contributed by atoms with Gasteiger partial charge >= 0.3 is 0 Å². The number of nitrogen functional groups attached to an aromatic ring is 1. The number of hydrogen-bond acceptors (Lipinski definition) is 3. The van der Waals surface area contributed by atoms with Crippen molar-refractivity contribution in [1.29, 1.82) is 0 Å². The van der Waals surface area contributed by atoms with Gasteiger partial charge in [-0.1, -0.05) is 12.1 Å². The van der Waals surface area contributed by atoms with E-state index in [2.05, 4.69) is 0 Å². The second-order valence-corrected chi connectivity index (χ2v) is 4.76. The van der Waals surface area contributed by atoms with Crippen LogP contribution in [0, 0.1) is 5.82 Å². The third-order valence-electron chi connectivity index (χ3n) is 2.73. The molecule has 0 atom stereocenters. The third-order valence-corrected chi connectivity index (χ3v) is 2.73. The summed E-state index contributed by atoms with van der Waals surface area (Å²) in [5, 5.41) is 0. The molecule has 0 radical (unpaired) electrons. The summed E-state index contributed by atoms with van der Waals surface area (Å²) in [6, 6.07) is 10.9. The second kappa shape index (κ2) is 5.74. The van der Waals surface area contributed by atoms with Crippen molar-refractivity contribution in [2.24, 2.45) is 0 Å². The SMILES string of the molecule is CC(C)Oc1cccc(C(=O)c2ccc(N)c(F)c2)c1. The molecule has 2 aromatic rings. The zero-order valence-corrected chi connectivity index (χ0v) is 11.4. The van der Waals surface area contributed by atoms with Crippen LogP contribution in [0.15, 0.2) is 42.5 Å². The molecule has 0 saturated carbocycles. The summed E-state index contributed by atoms with van der Waals surface area (Å²) in [5.74, 6) is -0.245. The number of hydrogen-bond donors (Lipinski definition) is 1. The van der Waals surface area contributed by atoms with E-state index in [1.165, 1.54) is 12.1 Å². The Labute approximate surface area is 117 Å². The lowest BCUT2D eigenvalue weighted by atomic mass is 10.0. The smallest absolute Gasteiger partial charge is 0.193 e. The molecule has 0 heterocycles. The molecule has 0 bridgehead atoms. The number of nitrogens with two attached hydrogens (primary N) is 1. The summed E-state index contributed by atoms with van der Waals surface area (Å²) < 4.78 is 18.9. The van der Waals surface area contributed by atoms with Crippen LogP contribution in [0.3, 0.4) is 0 Å². The average Bonchev–Trinajstić information content (AvgIpc) is 2.40. The molecule has 0 spiro atoms. The second-order valence-electron chi connectivity index (χ2n) is 4.76. The quantitative estimate of drug-likeness (QED) is 0.686. The van der Waals surface area contributed by atoms with E-state index in [1.54, 1.807) is 24.3 Å². The Morgan fingerprint density at radius 3 is 2.50 bits per heavy atom. The molecule has 0 fully saturated rings. The van der Waals surface area contributed by atoms with E-state index in [1.807, 2.05) is 13.8 Å². The molecule has 0 aliphatic heterocycles. The maximum atomic E-state index is 13.4. The first kappa shape index (κ1) is 14.1. The van der Waals surface area contributed by atoms with Crippen LogP contribution in [0.5, 0.6) is 5.75 Å². The van der Waals surface area contributed by atoms with Crippen molar-refractivity contribution >= 4 is 11.5 Å². The molecule has 2 rings (SSSR count). The summed E-state index contributed by atoms with van der Waals surface area (Å²) in [6.07, 6.45) is 0.0225. The Morgan fingerprint density at radius 1 is 1.15 bits per heavy atom. The van der Waals surface area contributed by atoms with Crippen molar-refractivity contribution in [3.8, 4) is 5.75 Å². The number of carbonyl (C=O) groups is 1. The average molecular weight is 273 g/mol. The van der Waals surface area contributed by atoms with E-state index >= 15 is 0 Å². The molecule has 0 amide bonds. The van der Waals surface area contributed by atoms with Crippen molar-refractivity contribution in [2.75, 3.05) is 5.73 Å². The Bertz CT molecular complexity index is 638. The van der Waals surface area contributed by atoms with Gasteiger partial charge in [-0.3, -0.25) is 4.79 Å². The standard InChI is InChI=1S/C16H16FNO2/c1-10(2)20-13-5-3-4-11(8-13)16(19)12-6-7-15(18)14(17)9-12/h3-10H,18H2,1-2H3. The molecule has 2 aromatic carbocycles. The van der Waals surface area contributed by atoms with Gasteiger partial charge in [0.15, 0.2) is 5.78 Å². The lowest BCUT2D eigenvalue weighted by Gasteiger charge is -2.10. The number of halogens is 1. The van der Waals surface area contributed by atoms with Crippen LogP contribution in [0.1, 0.15) is 29.8 Å². The lowest BCUT2D eigenvalue weighted by Crippen LogP contribution is -2.07. The number of rotatable bonds is 4. The molecule has 0 aliphatic carbocycles. The molecule has 2 N–H and O–H groups in total. The van der Waals surface area contributed by atoms with Gasteiger partial charge in [-0.25, -0.2) is 4.39 Å². The van der Waals surface area contributed by atoms with Crippen molar-refractivity contribution in [3.63, 3.8) is 0 Å². The highest BCUT2D eigenvalue weighted by Crippen LogP contribution is 2.19. The normalized spacial score (nSPS) is 10.6. The number of ketones is 1. The summed E-state index contributed by atoms with van der Waals surface area (Å²) in [6.45, 7) is 3.81. The first-order valence-corrected chi connectivity index (χ1v) is 6.34. The van der Waals surface area contributed by atoms with Crippen LogP contribution in [0.25, 0.3) is 0 Å². The zero-order chi connectivity index (χ0) is 14.7. The molecule has 4 heteroatoms. The summed E-state index contributed by atoms with van der Waals surface area (Å²) in [4.78, 5) is 12.3. The zero-order valence-electron chi connectivity index (χ0n) is 11.4. The number of ether oxygens (including phenoxy) is 1. The third kappa shape index (κ3) is 3.15. The minimum Gasteiger partial charge on any atom is -0.491 e. The molecule has 20 heavy (non-hydrogen) atoms. The highest BCUT2D eigenvalue weighted by molar-refractivity contribution is 6.09. The highest BCUT2D eigenvalue weighted by atomic mass is 19.1. The topological polar surface area (TPSA) is 52.3 Å². The minimum atomic E-state index is -0.592. The fraction of sp³-hybridized carbons (Fsp3) is 0.188. The van der Waals surface area contributed by atoms with Crippen molar-refractivity contribution in [2.45, 2.75) is 20.0 Å².